The highest BCUT2D eigenvalue weighted by Gasteiger charge is 2.24. The molecule has 1 aromatic heterocycles. The number of halogens is 1. The van der Waals surface area contributed by atoms with Crippen LogP contribution in [0.25, 0.3) is 5.69 Å². The predicted molar refractivity (Wildman–Crippen MR) is 85.8 cm³/mol. The highest BCUT2D eigenvalue weighted by atomic mass is 79.9. The zero-order chi connectivity index (χ0) is 15.6. The molecule has 21 heavy (non-hydrogen) atoms. The molecule has 0 bridgehead atoms. The van der Waals surface area contributed by atoms with Crippen LogP contribution in [-0.2, 0) is 4.74 Å². The van der Waals surface area contributed by atoms with Gasteiger partial charge in [-0.05, 0) is 41.9 Å². The van der Waals surface area contributed by atoms with Gasteiger partial charge in [0.25, 0.3) is 0 Å². The van der Waals surface area contributed by atoms with Crippen molar-refractivity contribution >= 4 is 33.5 Å². The molecule has 0 aliphatic carbocycles. The van der Waals surface area contributed by atoms with Gasteiger partial charge in [0.15, 0.2) is 5.82 Å². The van der Waals surface area contributed by atoms with E-state index in [1.165, 1.54) is 11.8 Å². The second-order valence-electron chi connectivity index (χ2n) is 4.76. The largest absolute Gasteiger partial charge is 0.465 e. The van der Waals surface area contributed by atoms with Gasteiger partial charge >= 0.3 is 5.97 Å². The summed E-state index contributed by atoms with van der Waals surface area (Å²) in [6, 6.07) is 7.60. The lowest BCUT2D eigenvalue weighted by atomic mass is 10.2. The minimum Gasteiger partial charge on any atom is -0.465 e. The number of esters is 1. The summed E-state index contributed by atoms with van der Waals surface area (Å²) in [6.07, 6.45) is 0. The van der Waals surface area contributed by atoms with Gasteiger partial charge in [0.2, 0.25) is 0 Å². The number of carbonyl (C=O) groups excluding carboxylic acids is 1. The average Bonchev–Trinajstić information content (AvgIpc) is 2.74. The van der Waals surface area contributed by atoms with Crippen molar-refractivity contribution in [2.75, 3.05) is 18.2 Å². The molecule has 0 atom stereocenters. The maximum Gasteiger partial charge on any atom is 0.345 e. The second-order valence-corrected chi connectivity index (χ2v) is 5.62. The summed E-state index contributed by atoms with van der Waals surface area (Å²) in [6.45, 7) is 3.91. The number of nitrogens with one attached hydrogen (secondary N) is 1. The molecule has 0 radical (unpaired) electrons. The molecule has 0 fully saturated rings. The summed E-state index contributed by atoms with van der Waals surface area (Å²) < 4.78 is 7.14. The van der Waals surface area contributed by atoms with Crippen LogP contribution in [0.15, 0.2) is 28.7 Å². The Bertz CT molecular complexity index is 667. The van der Waals surface area contributed by atoms with Gasteiger partial charge in [-0.15, -0.1) is 5.10 Å². The minimum absolute atomic E-state index is 0.107. The van der Waals surface area contributed by atoms with Crippen molar-refractivity contribution in [3.8, 4) is 5.69 Å². The van der Waals surface area contributed by atoms with Crippen molar-refractivity contribution in [2.45, 2.75) is 19.9 Å². The summed E-state index contributed by atoms with van der Waals surface area (Å²) >= 11 is 3.45. The molecule has 0 saturated carbocycles. The molecule has 0 amide bonds. The van der Waals surface area contributed by atoms with Gasteiger partial charge in [0.05, 0.1) is 12.8 Å². The van der Waals surface area contributed by atoms with Crippen molar-refractivity contribution in [1.29, 1.82) is 0 Å². The zero-order valence-corrected chi connectivity index (χ0v) is 13.6. The summed E-state index contributed by atoms with van der Waals surface area (Å²) in [4.78, 5) is 12.0. The monoisotopic (exact) mass is 352 g/mol. The highest BCUT2D eigenvalue weighted by Crippen LogP contribution is 2.29. The van der Waals surface area contributed by atoms with Crippen LogP contribution < -0.4 is 11.1 Å². The molecule has 7 heteroatoms. The fourth-order valence-electron chi connectivity index (χ4n) is 1.92. The molecule has 0 saturated heterocycles. The number of hydrogen-bond donors (Lipinski definition) is 2. The molecular formula is C14H17BrN4O2. The summed E-state index contributed by atoms with van der Waals surface area (Å²) in [5.74, 6) is 0.121. The molecule has 3 N–H and O–H groups in total. The van der Waals surface area contributed by atoms with E-state index in [1.807, 2.05) is 38.1 Å². The van der Waals surface area contributed by atoms with Crippen LogP contribution in [-0.4, -0.2) is 28.9 Å². The third kappa shape index (κ3) is 3.02. The van der Waals surface area contributed by atoms with Crippen LogP contribution >= 0.6 is 15.9 Å². The third-order valence-corrected chi connectivity index (χ3v) is 3.49. The first-order chi connectivity index (χ1) is 9.95. The molecule has 0 aliphatic rings. The number of aromatic nitrogens is 2. The third-order valence-electron chi connectivity index (χ3n) is 2.82. The van der Waals surface area contributed by atoms with Crippen LogP contribution in [0.2, 0.25) is 0 Å². The van der Waals surface area contributed by atoms with E-state index in [2.05, 4.69) is 26.3 Å². The first-order valence-corrected chi connectivity index (χ1v) is 7.23. The Labute approximate surface area is 131 Å². The van der Waals surface area contributed by atoms with Crippen molar-refractivity contribution in [3.05, 3.63) is 34.3 Å². The predicted octanol–water partition coefficient (Wildman–Crippen LogP) is 2.82. The second kappa shape index (κ2) is 6.17. The first-order valence-electron chi connectivity index (χ1n) is 6.44. The molecule has 2 rings (SSSR count). The van der Waals surface area contributed by atoms with E-state index < -0.39 is 5.97 Å². The first kappa shape index (κ1) is 15.4. The van der Waals surface area contributed by atoms with Gasteiger partial charge < -0.3 is 15.8 Å². The molecule has 0 unspecified atom stereocenters. The molecular weight excluding hydrogens is 336 g/mol. The molecule has 6 nitrogen and oxygen atoms in total. The molecule has 1 aromatic carbocycles. The maximum absolute atomic E-state index is 12.0. The zero-order valence-electron chi connectivity index (χ0n) is 12.1. The Hall–Kier alpha value is -2.02. The van der Waals surface area contributed by atoms with Crippen molar-refractivity contribution in [1.82, 2.24) is 9.78 Å². The summed E-state index contributed by atoms with van der Waals surface area (Å²) in [7, 11) is 1.32. The number of methoxy groups -OCH3 is 1. The number of benzene rings is 1. The molecule has 112 valence electrons. The Morgan fingerprint density at radius 1 is 1.43 bits per heavy atom. The fourth-order valence-corrected chi connectivity index (χ4v) is 2.37. The fraction of sp³-hybridized carbons (Fsp3) is 0.286. The van der Waals surface area contributed by atoms with Gasteiger partial charge in [0, 0.05) is 10.5 Å². The topological polar surface area (TPSA) is 82.2 Å². The van der Waals surface area contributed by atoms with Crippen molar-refractivity contribution < 1.29 is 9.53 Å². The lowest BCUT2D eigenvalue weighted by Gasteiger charge is -2.07. The van der Waals surface area contributed by atoms with Gasteiger partial charge in [-0.2, -0.15) is 0 Å². The highest BCUT2D eigenvalue weighted by molar-refractivity contribution is 9.10. The van der Waals surface area contributed by atoms with E-state index in [0.717, 1.165) is 10.2 Å². The van der Waals surface area contributed by atoms with E-state index in [0.29, 0.717) is 5.82 Å². The van der Waals surface area contributed by atoms with E-state index in [9.17, 15) is 4.79 Å². The van der Waals surface area contributed by atoms with Crippen molar-refractivity contribution in [3.63, 3.8) is 0 Å². The number of nitrogen functional groups attached to an aromatic ring is 1. The van der Waals surface area contributed by atoms with Gasteiger partial charge in [0.1, 0.15) is 11.4 Å². The average molecular weight is 353 g/mol. The normalized spacial score (nSPS) is 10.7. The van der Waals surface area contributed by atoms with E-state index >= 15 is 0 Å². The quantitative estimate of drug-likeness (QED) is 0.826. The number of rotatable bonds is 4. The smallest absolute Gasteiger partial charge is 0.345 e. The van der Waals surface area contributed by atoms with Crippen LogP contribution in [0.4, 0.5) is 11.6 Å². The molecule has 2 aromatic rings. The van der Waals surface area contributed by atoms with E-state index in [-0.39, 0.29) is 17.4 Å². The molecule has 1 heterocycles. The number of nitrogens with two attached hydrogens (primary N) is 1. The minimum atomic E-state index is -0.519. The van der Waals surface area contributed by atoms with Gasteiger partial charge in [-0.25, -0.2) is 9.48 Å². The number of anilines is 2. The lowest BCUT2D eigenvalue weighted by molar-refractivity contribution is 0.0603. The Balaban J connectivity index is 2.61. The lowest BCUT2D eigenvalue weighted by Crippen LogP contribution is -2.14. The van der Waals surface area contributed by atoms with Crippen LogP contribution in [0, 0.1) is 0 Å². The van der Waals surface area contributed by atoms with Crippen molar-refractivity contribution in [2.24, 2.45) is 0 Å². The SMILES string of the molecule is COC(=O)c1c(NC(C)C)nn(-c2ccccc2Br)c1N. The van der Waals surface area contributed by atoms with E-state index in [1.54, 1.807) is 0 Å². The molecule has 0 aliphatic heterocycles. The number of hydrogen-bond acceptors (Lipinski definition) is 5. The van der Waals surface area contributed by atoms with E-state index in [4.69, 9.17) is 10.5 Å². The Morgan fingerprint density at radius 3 is 2.67 bits per heavy atom. The summed E-state index contributed by atoms with van der Waals surface area (Å²) in [5, 5.41) is 7.51. The van der Waals surface area contributed by atoms with Gasteiger partial charge in [-0.1, -0.05) is 12.1 Å². The van der Waals surface area contributed by atoms with Crippen LogP contribution in [0.3, 0.4) is 0 Å². The number of para-hydroxylation sites is 1. The standard InChI is InChI=1S/C14H17BrN4O2/c1-8(2)17-13-11(14(20)21-3)12(16)19(18-13)10-7-5-4-6-9(10)15/h4-8H,16H2,1-3H3,(H,17,18). The number of carbonyl (C=O) groups is 1. The Kier molecular flexibility index (Phi) is 4.52. The summed E-state index contributed by atoms with van der Waals surface area (Å²) in [5.41, 5.74) is 7.08. The maximum atomic E-state index is 12.0. The Morgan fingerprint density at radius 2 is 2.10 bits per heavy atom. The number of nitrogens with zero attached hydrogens (tertiary/aromatic N) is 2. The molecule has 0 spiro atoms. The number of ether oxygens (including phenoxy) is 1. The van der Waals surface area contributed by atoms with Gasteiger partial charge in [-0.3, -0.25) is 0 Å². The van der Waals surface area contributed by atoms with Crippen LogP contribution in [0.1, 0.15) is 24.2 Å². The van der Waals surface area contributed by atoms with Crippen LogP contribution in [0.5, 0.6) is 0 Å².